The first-order chi connectivity index (χ1) is 12.7. The Morgan fingerprint density at radius 1 is 1.41 bits per heavy atom. The number of amides is 1. The molecule has 1 aromatic carbocycles. The van der Waals surface area contributed by atoms with Crippen LogP contribution in [0, 0.1) is 0 Å². The van der Waals surface area contributed by atoms with Crippen LogP contribution in [-0.2, 0) is 21.4 Å². The number of carbonyl (C=O) groups excluding carboxylic acids is 1. The number of aromatic nitrogens is 3. The monoisotopic (exact) mass is 433 g/mol. The first kappa shape index (κ1) is 21.5. The van der Waals surface area contributed by atoms with Crippen LogP contribution in [0.1, 0.15) is 13.3 Å². The van der Waals surface area contributed by atoms with E-state index in [0.29, 0.717) is 17.4 Å². The molecule has 27 heavy (non-hydrogen) atoms. The quantitative estimate of drug-likeness (QED) is 0.611. The number of H-pyrrole nitrogens is 1. The van der Waals surface area contributed by atoms with Gasteiger partial charge < -0.3 is 5.32 Å². The van der Waals surface area contributed by atoms with E-state index < -0.39 is 10.0 Å². The molecule has 9 nitrogen and oxygen atoms in total. The molecule has 1 aromatic heterocycles. The lowest BCUT2D eigenvalue weighted by atomic mass is 10.3. The summed E-state index contributed by atoms with van der Waals surface area (Å²) in [4.78, 5) is 23.7. The summed E-state index contributed by atoms with van der Waals surface area (Å²) in [7, 11) is -0.945. The minimum atomic E-state index is -3.74. The van der Waals surface area contributed by atoms with Gasteiger partial charge >= 0.3 is 5.69 Å². The number of benzene rings is 1. The summed E-state index contributed by atoms with van der Waals surface area (Å²) in [5.74, 6) is -0.360. The van der Waals surface area contributed by atoms with Gasteiger partial charge in [0.25, 0.3) is 0 Å². The molecule has 2 rings (SSSR count). The van der Waals surface area contributed by atoms with Gasteiger partial charge in [-0.25, -0.2) is 22.6 Å². The van der Waals surface area contributed by atoms with E-state index in [1.165, 1.54) is 36.9 Å². The Morgan fingerprint density at radius 2 is 2.11 bits per heavy atom. The minimum absolute atomic E-state index is 0.00635. The van der Waals surface area contributed by atoms with Gasteiger partial charge in [-0.1, -0.05) is 30.3 Å². The van der Waals surface area contributed by atoms with E-state index in [4.69, 9.17) is 11.6 Å². The third-order valence-corrected chi connectivity index (χ3v) is 6.75. The van der Waals surface area contributed by atoms with E-state index in [1.54, 1.807) is 0 Å². The Kier molecular flexibility index (Phi) is 7.09. The maximum absolute atomic E-state index is 12.3. The smallest absolute Gasteiger partial charge is 0.325 e. The fraction of sp³-hybridized carbons (Fsp3) is 0.400. The average molecular weight is 434 g/mol. The predicted molar refractivity (Wildman–Crippen MR) is 105 cm³/mol. The number of aromatic amines is 1. The lowest BCUT2D eigenvalue weighted by molar-refractivity contribution is -0.113. The highest BCUT2D eigenvalue weighted by molar-refractivity contribution is 7.99. The van der Waals surface area contributed by atoms with Crippen molar-refractivity contribution in [3.8, 4) is 0 Å². The topological polar surface area (TPSA) is 117 Å². The van der Waals surface area contributed by atoms with E-state index in [9.17, 15) is 18.0 Å². The minimum Gasteiger partial charge on any atom is -0.325 e. The second kappa shape index (κ2) is 8.91. The lowest BCUT2D eigenvalue weighted by Gasteiger charge is -2.14. The molecule has 148 valence electrons. The first-order valence-corrected chi connectivity index (χ1v) is 10.8. The Bertz CT molecular complexity index is 984. The zero-order valence-corrected chi connectivity index (χ0v) is 17.4. The van der Waals surface area contributed by atoms with Crippen LogP contribution in [0.3, 0.4) is 0 Å². The molecule has 2 N–H and O–H groups in total. The highest BCUT2D eigenvalue weighted by atomic mass is 35.5. The number of carbonyl (C=O) groups is 1. The summed E-state index contributed by atoms with van der Waals surface area (Å²) in [6.07, 6.45) is 0.757. The van der Waals surface area contributed by atoms with Gasteiger partial charge in [-0.05, 0) is 24.6 Å². The number of halogens is 1. The fourth-order valence-corrected chi connectivity index (χ4v) is 4.30. The van der Waals surface area contributed by atoms with Gasteiger partial charge in [0, 0.05) is 26.3 Å². The number of rotatable bonds is 8. The van der Waals surface area contributed by atoms with Crippen LogP contribution in [0.2, 0.25) is 5.02 Å². The van der Waals surface area contributed by atoms with Crippen molar-refractivity contribution in [2.75, 3.05) is 25.2 Å². The molecule has 0 spiro atoms. The number of sulfonamides is 1. The van der Waals surface area contributed by atoms with Crippen molar-refractivity contribution in [3.05, 3.63) is 33.7 Å². The summed E-state index contributed by atoms with van der Waals surface area (Å²) >= 11 is 7.09. The van der Waals surface area contributed by atoms with Crippen LogP contribution in [0.25, 0.3) is 0 Å². The molecule has 1 amide bonds. The standard InChI is InChI=1S/C15H20ClN5O4S2/c1-4-7-21-14(23)18-19-15(21)26-9-13(22)17-10-5-6-11(16)12(8-10)27(24,25)20(2)3/h5-6,8H,4,7,9H2,1-3H3,(H,17,22)(H,18,23). The van der Waals surface area contributed by atoms with E-state index in [1.807, 2.05) is 6.92 Å². The van der Waals surface area contributed by atoms with Gasteiger partial charge in [0.1, 0.15) is 4.90 Å². The van der Waals surface area contributed by atoms with E-state index in [2.05, 4.69) is 15.5 Å². The summed E-state index contributed by atoms with van der Waals surface area (Å²) in [6, 6.07) is 4.23. The molecule has 0 atom stereocenters. The Labute approximate surface area is 166 Å². The summed E-state index contributed by atoms with van der Waals surface area (Å²) < 4.78 is 27.1. The van der Waals surface area contributed by atoms with E-state index in [-0.39, 0.29) is 27.3 Å². The van der Waals surface area contributed by atoms with Crippen molar-refractivity contribution in [2.24, 2.45) is 0 Å². The number of hydrogen-bond donors (Lipinski definition) is 2. The Morgan fingerprint density at radius 3 is 2.74 bits per heavy atom. The van der Waals surface area contributed by atoms with Crippen LogP contribution in [-0.4, -0.2) is 53.2 Å². The van der Waals surface area contributed by atoms with Gasteiger partial charge in [-0.15, -0.1) is 5.10 Å². The number of thioether (sulfide) groups is 1. The fourth-order valence-electron chi connectivity index (χ4n) is 2.14. The van der Waals surface area contributed by atoms with E-state index >= 15 is 0 Å². The lowest BCUT2D eigenvalue weighted by Crippen LogP contribution is -2.23. The maximum Gasteiger partial charge on any atom is 0.343 e. The molecule has 0 unspecified atom stereocenters. The van der Waals surface area contributed by atoms with Crippen molar-refractivity contribution in [1.29, 1.82) is 0 Å². The normalized spacial score (nSPS) is 11.7. The molecule has 0 saturated heterocycles. The van der Waals surface area contributed by atoms with Crippen molar-refractivity contribution in [3.63, 3.8) is 0 Å². The van der Waals surface area contributed by atoms with Crippen LogP contribution >= 0.6 is 23.4 Å². The molecular formula is C15H20ClN5O4S2. The molecule has 0 aliphatic heterocycles. The largest absolute Gasteiger partial charge is 0.343 e. The number of anilines is 1. The molecule has 0 radical (unpaired) electrons. The molecule has 1 heterocycles. The van der Waals surface area contributed by atoms with Crippen LogP contribution in [0.4, 0.5) is 5.69 Å². The number of nitrogens with zero attached hydrogens (tertiary/aromatic N) is 3. The average Bonchev–Trinajstić information content (AvgIpc) is 2.95. The maximum atomic E-state index is 12.3. The molecule has 0 saturated carbocycles. The third kappa shape index (κ3) is 5.12. The second-order valence-corrected chi connectivity index (χ2v) is 9.20. The van der Waals surface area contributed by atoms with Gasteiger partial charge in [-0.2, -0.15) is 0 Å². The van der Waals surface area contributed by atoms with Gasteiger partial charge in [0.05, 0.1) is 10.8 Å². The summed E-state index contributed by atoms with van der Waals surface area (Å²) in [6.45, 7) is 2.43. The van der Waals surface area contributed by atoms with Crippen molar-refractivity contribution >= 4 is 45.0 Å². The van der Waals surface area contributed by atoms with Gasteiger partial charge in [0.2, 0.25) is 15.9 Å². The SMILES string of the molecule is CCCn1c(SCC(=O)Nc2ccc(Cl)c(S(=O)(=O)N(C)C)c2)n[nH]c1=O. The molecule has 12 heteroatoms. The molecule has 0 aliphatic carbocycles. The van der Waals surface area contributed by atoms with Crippen molar-refractivity contribution in [1.82, 2.24) is 19.1 Å². The number of hydrogen-bond acceptors (Lipinski definition) is 6. The molecular weight excluding hydrogens is 414 g/mol. The highest BCUT2D eigenvalue weighted by Gasteiger charge is 2.21. The summed E-state index contributed by atoms with van der Waals surface area (Å²) in [5, 5.41) is 9.36. The Hall–Kier alpha value is -1.82. The van der Waals surface area contributed by atoms with Gasteiger partial charge in [-0.3, -0.25) is 9.36 Å². The Balaban J connectivity index is 2.10. The van der Waals surface area contributed by atoms with Crippen molar-refractivity contribution < 1.29 is 13.2 Å². The van der Waals surface area contributed by atoms with Crippen molar-refractivity contribution in [2.45, 2.75) is 29.9 Å². The molecule has 0 aliphatic rings. The second-order valence-electron chi connectivity index (χ2n) is 5.73. The van der Waals surface area contributed by atoms with E-state index in [0.717, 1.165) is 22.5 Å². The van der Waals surface area contributed by atoms with Crippen LogP contribution in [0.5, 0.6) is 0 Å². The molecule has 2 aromatic rings. The van der Waals surface area contributed by atoms with Crippen LogP contribution in [0.15, 0.2) is 33.0 Å². The third-order valence-electron chi connectivity index (χ3n) is 3.48. The molecule has 0 bridgehead atoms. The van der Waals surface area contributed by atoms with Crippen LogP contribution < -0.4 is 11.0 Å². The zero-order chi connectivity index (χ0) is 20.2. The highest BCUT2D eigenvalue weighted by Crippen LogP contribution is 2.27. The first-order valence-electron chi connectivity index (χ1n) is 7.96. The summed E-state index contributed by atoms with van der Waals surface area (Å²) in [5.41, 5.74) is -0.0191. The van der Waals surface area contributed by atoms with Gasteiger partial charge in [0.15, 0.2) is 5.16 Å². The predicted octanol–water partition coefficient (Wildman–Crippen LogP) is 1.62. The number of nitrogens with one attached hydrogen (secondary N) is 2. The molecule has 0 fully saturated rings. The zero-order valence-electron chi connectivity index (χ0n) is 15.0.